The molecule has 6 amide bonds. The van der Waals surface area contributed by atoms with E-state index in [1.165, 1.54) is 33.6 Å². The van der Waals surface area contributed by atoms with Crippen molar-refractivity contribution < 1.29 is 33.9 Å². The summed E-state index contributed by atoms with van der Waals surface area (Å²) in [4.78, 5) is 86.1. The zero-order valence-corrected chi connectivity index (χ0v) is 30.3. The molecule has 2 fully saturated rings. The summed E-state index contributed by atoms with van der Waals surface area (Å²) in [6.45, 7) is 13.2. The zero-order chi connectivity index (χ0) is 35.6. The second kappa shape index (κ2) is 18.5. The molecule has 2 aliphatic rings. The molecule has 0 aromatic carbocycles. The summed E-state index contributed by atoms with van der Waals surface area (Å²) in [5, 5.41) is 13.4. The Kier molecular flexibility index (Phi) is 15.8. The van der Waals surface area contributed by atoms with E-state index >= 15 is 0 Å². The van der Waals surface area contributed by atoms with Gasteiger partial charge in [-0.2, -0.15) is 0 Å². The van der Waals surface area contributed by atoms with Gasteiger partial charge in [-0.3, -0.25) is 33.7 Å². The summed E-state index contributed by atoms with van der Waals surface area (Å²) in [5.41, 5.74) is 0. The molecule has 0 aromatic rings. The van der Waals surface area contributed by atoms with Gasteiger partial charge in [-0.25, -0.2) is 0 Å². The van der Waals surface area contributed by atoms with E-state index in [0.717, 1.165) is 32.1 Å². The SMILES string of the molecule is CCCCCCCC(=O)N(C)[C@@H](CC(C)C)C(=O)N[C@H](C(=O)N(C)[C@H](C(=O)N1CCC[C@H]1C(=O)N1C(=O)CC[C@@H]1C)C(C)C)[C@@H](C)O. The van der Waals surface area contributed by atoms with Gasteiger partial charge in [-0.1, -0.05) is 60.3 Å². The van der Waals surface area contributed by atoms with E-state index in [-0.39, 0.29) is 35.6 Å². The molecule has 6 atom stereocenters. The minimum Gasteiger partial charge on any atom is -0.391 e. The maximum Gasteiger partial charge on any atom is 0.252 e. The molecule has 12 nitrogen and oxygen atoms in total. The molecular weight excluding hydrogens is 602 g/mol. The van der Waals surface area contributed by atoms with Crippen LogP contribution in [0.5, 0.6) is 0 Å². The molecule has 0 aliphatic carbocycles. The monoisotopic (exact) mass is 663 g/mol. The first-order valence-electron chi connectivity index (χ1n) is 17.7. The Morgan fingerprint density at radius 1 is 0.957 bits per heavy atom. The number of amides is 6. The summed E-state index contributed by atoms with van der Waals surface area (Å²) in [6.07, 6.45) is 6.27. The van der Waals surface area contributed by atoms with E-state index in [2.05, 4.69) is 12.2 Å². The van der Waals surface area contributed by atoms with Crippen LogP contribution < -0.4 is 5.32 Å². The highest BCUT2D eigenvalue weighted by Crippen LogP contribution is 2.28. The molecule has 0 aromatic heterocycles. The van der Waals surface area contributed by atoms with E-state index in [0.29, 0.717) is 45.1 Å². The third-order valence-electron chi connectivity index (χ3n) is 9.59. The largest absolute Gasteiger partial charge is 0.391 e. The molecule has 0 saturated carbocycles. The van der Waals surface area contributed by atoms with Gasteiger partial charge in [0.25, 0.3) is 5.91 Å². The third kappa shape index (κ3) is 10.5. The van der Waals surface area contributed by atoms with Crippen LogP contribution in [-0.2, 0) is 28.8 Å². The lowest BCUT2D eigenvalue weighted by Gasteiger charge is -2.38. The van der Waals surface area contributed by atoms with Crippen LogP contribution in [0.15, 0.2) is 0 Å². The molecule has 268 valence electrons. The Hall–Kier alpha value is -3.02. The number of aliphatic hydroxyl groups excluding tert-OH is 1. The van der Waals surface area contributed by atoms with E-state index in [1.807, 2.05) is 20.8 Å². The summed E-state index contributed by atoms with van der Waals surface area (Å²) in [7, 11) is 3.06. The van der Waals surface area contributed by atoms with Crippen LogP contribution in [0, 0.1) is 11.8 Å². The minimum atomic E-state index is -1.37. The molecule has 2 heterocycles. The number of carbonyl (C=O) groups excluding carboxylic acids is 6. The lowest BCUT2D eigenvalue weighted by molar-refractivity contribution is -0.155. The lowest BCUT2D eigenvalue weighted by atomic mass is 9.98. The average Bonchev–Trinajstić information content (AvgIpc) is 3.63. The highest BCUT2D eigenvalue weighted by atomic mass is 16.3. The lowest BCUT2D eigenvalue weighted by Crippen LogP contribution is -2.62. The molecule has 0 bridgehead atoms. The first-order valence-corrected chi connectivity index (χ1v) is 17.7. The number of imide groups is 1. The molecule has 2 saturated heterocycles. The summed E-state index contributed by atoms with van der Waals surface area (Å²) in [5.74, 6) is -2.66. The van der Waals surface area contributed by atoms with Crippen LogP contribution in [0.1, 0.15) is 119 Å². The van der Waals surface area contributed by atoms with Crippen LogP contribution >= 0.6 is 0 Å². The number of likely N-dealkylation sites (N-methyl/N-ethyl adjacent to an activating group) is 2. The fourth-order valence-corrected chi connectivity index (χ4v) is 6.80. The van der Waals surface area contributed by atoms with Crippen LogP contribution in [-0.4, -0.2) is 117 Å². The standard InChI is InChI=1S/C35H61N5O7/c1-10-11-12-13-14-17-28(42)37(8)27(21-22(2)3)32(44)36-30(25(7)41)34(46)38(9)31(23(4)5)35(47)39-20-15-16-26(39)33(45)40-24(6)18-19-29(40)43/h22-27,30-31,41H,10-21H2,1-9H3,(H,36,44)/t24-,25+,26-,27-,30-,31-/m0/s1. The molecule has 0 radical (unpaired) electrons. The number of aliphatic hydroxyl groups is 1. The number of rotatable bonds is 17. The predicted molar refractivity (Wildman–Crippen MR) is 180 cm³/mol. The van der Waals surface area contributed by atoms with Gasteiger partial charge < -0.3 is 25.1 Å². The van der Waals surface area contributed by atoms with Crippen LogP contribution in [0.25, 0.3) is 0 Å². The molecule has 2 rings (SSSR count). The van der Waals surface area contributed by atoms with Gasteiger partial charge in [-0.05, 0) is 57.8 Å². The third-order valence-corrected chi connectivity index (χ3v) is 9.59. The average molecular weight is 664 g/mol. The van der Waals surface area contributed by atoms with Gasteiger partial charge in [0, 0.05) is 39.5 Å². The van der Waals surface area contributed by atoms with E-state index in [9.17, 15) is 33.9 Å². The topological polar surface area (TPSA) is 148 Å². The first kappa shape index (κ1) is 40.2. The van der Waals surface area contributed by atoms with Gasteiger partial charge in [-0.15, -0.1) is 0 Å². The fraction of sp³-hybridized carbons (Fsp3) is 0.829. The van der Waals surface area contributed by atoms with Gasteiger partial charge in [0.15, 0.2) is 0 Å². The number of nitrogens with zero attached hydrogens (tertiary/aromatic N) is 4. The number of unbranched alkanes of at least 4 members (excludes halogenated alkanes) is 4. The highest BCUT2D eigenvalue weighted by molar-refractivity contribution is 6.02. The molecule has 2 N–H and O–H groups in total. The van der Waals surface area contributed by atoms with E-state index in [4.69, 9.17) is 0 Å². The Balaban J connectivity index is 2.23. The second-order valence-electron chi connectivity index (χ2n) is 14.4. The van der Waals surface area contributed by atoms with Crippen LogP contribution in [0.3, 0.4) is 0 Å². The van der Waals surface area contributed by atoms with Crippen molar-refractivity contribution in [2.75, 3.05) is 20.6 Å². The van der Waals surface area contributed by atoms with Crippen molar-refractivity contribution in [3.63, 3.8) is 0 Å². The predicted octanol–water partition coefficient (Wildman–Crippen LogP) is 3.10. The van der Waals surface area contributed by atoms with Gasteiger partial charge in [0.05, 0.1) is 6.10 Å². The van der Waals surface area contributed by atoms with Crippen molar-refractivity contribution in [1.82, 2.24) is 24.9 Å². The Bertz CT molecular complexity index is 1110. The molecule has 0 spiro atoms. The van der Waals surface area contributed by atoms with E-state index in [1.54, 1.807) is 20.9 Å². The normalized spacial score (nSPS) is 20.7. The smallest absolute Gasteiger partial charge is 0.252 e. The van der Waals surface area contributed by atoms with Crippen molar-refractivity contribution >= 4 is 35.4 Å². The Labute approximate surface area is 281 Å². The van der Waals surface area contributed by atoms with Crippen molar-refractivity contribution in [3.8, 4) is 0 Å². The zero-order valence-electron chi connectivity index (χ0n) is 30.3. The fourth-order valence-electron chi connectivity index (χ4n) is 6.80. The maximum absolute atomic E-state index is 14.1. The number of nitrogens with one attached hydrogen (secondary N) is 1. The summed E-state index contributed by atoms with van der Waals surface area (Å²) < 4.78 is 0. The van der Waals surface area contributed by atoms with Crippen molar-refractivity contribution in [1.29, 1.82) is 0 Å². The molecule has 12 heteroatoms. The Morgan fingerprint density at radius 3 is 2.13 bits per heavy atom. The van der Waals surface area contributed by atoms with Gasteiger partial charge >= 0.3 is 0 Å². The van der Waals surface area contributed by atoms with Crippen LogP contribution in [0.4, 0.5) is 0 Å². The summed E-state index contributed by atoms with van der Waals surface area (Å²) in [6, 6.07) is -4.21. The van der Waals surface area contributed by atoms with E-state index < -0.39 is 48.0 Å². The Morgan fingerprint density at radius 2 is 1.60 bits per heavy atom. The molecule has 47 heavy (non-hydrogen) atoms. The molecular formula is C35H61N5O7. The van der Waals surface area contributed by atoms with Crippen LogP contribution in [0.2, 0.25) is 0 Å². The van der Waals surface area contributed by atoms with Crippen molar-refractivity contribution in [2.45, 2.75) is 155 Å². The van der Waals surface area contributed by atoms with Gasteiger partial charge in [0.1, 0.15) is 24.2 Å². The molecule has 2 aliphatic heterocycles. The van der Waals surface area contributed by atoms with Crippen molar-refractivity contribution in [2.24, 2.45) is 11.8 Å². The molecule has 0 unspecified atom stereocenters. The van der Waals surface area contributed by atoms with Crippen molar-refractivity contribution in [3.05, 3.63) is 0 Å². The highest BCUT2D eigenvalue weighted by Gasteiger charge is 2.46. The quantitative estimate of drug-likeness (QED) is 0.180. The minimum absolute atomic E-state index is 0.0758. The number of likely N-dealkylation sites (tertiary alicyclic amines) is 2. The first-order chi connectivity index (χ1) is 22.0. The second-order valence-corrected chi connectivity index (χ2v) is 14.4. The number of carbonyl (C=O) groups is 6. The maximum atomic E-state index is 14.1. The van der Waals surface area contributed by atoms with Gasteiger partial charge in [0.2, 0.25) is 29.5 Å². The number of hydrogen-bond donors (Lipinski definition) is 2. The summed E-state index contributed by atoms with van der Waals surface area (Å²) >= 11 is 0. The number of hydrogen-bond acceptors (Lipinski definition) is 7.